The highest BCUT2D eigenvalue weighted by Gasteiger charge is 2.13. The zero-order chi connectivity index (χ0) is 10.8. The fraction of sp³-hybridized carbons (Fsp3) is 0. The molecule has 5 nitrogen and oxygen atoms in total. The van der Waals surface area contributed by atoms with Crippen LogP contribution in [0.4, 0.5) is 4.39 Å². The number of nitrogens with zero attached hydrogens (tertiary/aromatic N) is 2. The zero-order valence-corrected chi connectivity index (χ0v) is 7.44. The van der Waals surface area contributed by atoms with Gasteiger partial charge in [-0.3, -0.25) is 5.10 Å². The number of hydrogen-bond acceptors (Lipinski definition) is 3. The number of aromatic amines is 1. The van der Waals surface area contributed by atoms with Crippen LogP contribution in [0.1, 0.15) is 10.4 Å². The van der Waals surface area contributed by atoms with E-state index in [-0.39, 0.29) is 5.56 Å². The predicted octanol–water partition coefficient (Wildman–Crippen LogP) is 1.31. The van der Waals surface area contributed by atoms with E-state index < -0.39 is 11.9 Å². The van der Waals surface area contributed by atoms with Crippen LogP contribution in [0.5, 0.6) is 0 Å². The first-order valence-corrected chi connectivity index (χ1v) is 4.07. The fourth-order valence-corrected chi connectivity index (χ4v) is 1.19. The largest absolute Gasteiger partial charge is 0.478 e. The third-order valence-electron chi connectivity index (χ3n) is 1.89. The Morgan fingerprint density at radius 3 is 2.80 bits per heavy atom. The highest BCUT2D eigenvalue weighted by Crippen LogP contribution is 2.19. The van der Waals surface area contributed by atoms with Crippen LogP contribution in [-0.4, -0.2) is 26.3 Å². The second-order valence-electron chi connectivity index (χ2n) is 2.83. The number of nitrogens with one attached hydrogen (secondary N) is 1. The smallest absolute Gasteiger partial charge is 0.339 e. The maximum Gasteiger partial charge on any atom is 0.339 e. The number of aromatic nitrogens is 3. The molecule has 0 saturated heterocycles. The Kier molecular flexibility index (Phi) is 2.17. The van der Waals surface area contributed by atoms with Crippen LogP contribution in [0, 0.1) is 5.95 Å². The molecule has 6 heteroatoms. The van der Waals surface area contributed by atoms with E-state index in [4.69, 9.17) is 5.11 Å². The third kappa shape index (κ3) is 1.69. The van der Waals surface area contributed by atoms with Crippen molar-refractivity contribution in [2.75, 3.05) is 0 Å². The van der Waals surface area contributed by atoms with Crippen molar-refractivity contribution in [2.24, 2.45) is 0 Å². The van der Waals surface area contributed by atoms with Crippen molar-refractivity contribution in [1.29, 1.82) is 0 Å². The molecule has 76 valence electrons. The van der Waals surface area contributed by atoms with Crippen molar-refractivity contribution in [3.8, 4) is 11.3 Å². The predicted molar refractivity (Wildman–Crippen MR) is 48.7 cm³/mol. The van der Waals surface area contributed by atoms with Crippen LogP contribution in [0.2, 0.25) is 0 Å². The van der Waals surface area contributed by atoms with Gasteiger partial charge in [0.2, 0.25) is 5.95 Å². The minimum Gasteiger partial charge on any atom is -0.478 e. The Labute approximate surface area is 83.6 Å². The van der Waals surface area contributed by atoms with E-state index in [1.54, 1.807) is 0 Å². The van der Waals surface area contributed by atoms with Crippen LogP contribution in [0.3, 0.4) is 0 Å². The summed E-state index contributed by atoms with van der Waals surface area (Å²) in [6, 6.07) is 2.59. The van der Waals surface area contributed by atoms with Gasteiger partial charge in [-0.2, -0.15) is 9.49 Å². The molecule has 15 heavy (non-hydrogen) atoms. The van der Waals surface area contributed by atoms with Crippen LogP contribution >= 0.6 is 0 Å². The highest BCUT2D eigenvalue weighted by molar-refractivity contribution is 5.94. The molecule has 0 spiro atoms. The average Bonchev–Trinajstić information content (AvgIpc) is 2.67. The van der Waals surface area contributed by atoms with Crippen LogP contribution in [0.15, 0.2) is 24.5 Å². The maximum atomic E-state index is 12.5. The average molecular weight is 207 g/mol. The van der Waals surface area contributed by atoms with Crippen LogP contribution < -0.4 is 0 Å². The summed E-state index contributed by atoms with van der Waals surface area (Å²) in [5, 5.41) is 15.0. The topological polar surface area (TPSA) is 78.9 Å². The number of rotatable bonds is 2. The summed E-state index contributed by atoms with van der Waals surface area (Å²) in [7, 11) is 0. The minimum absolute atomic E-state index is 0.0309. The molecule has 0 saturated carbocycles. The number of carboxylic acids is 1. The van der Waals surface area contributed by atoms with Crippen molar-refractivity contribution in [3.63, 3.8) is 0 Å². The molecule has 2 rings (SSSR count). The van der Waals surface area contributed by atoms with Gasteiger partial charge in [0.15, 0.2) is 0 Å². The Balaban J connectivity index is 2.49. The van der Waals surface area contributed by atoms with E-state index in [2.05, 4.69) is 15.2 Å². The monoisotopic (exact) mass is 207 g/mol. The van der Waals surface area contributed by atoms with Gasteiger partial charge in [-0.15, -0.1) is 0 Å². The zero-order valence-electron chi connectivity index (χ0n) is 7.44. The molecule has 0 atom stereocenters. The molecule has 2 heterocycles. The fourth-order valence-electron chi connectivity index (χ4n) is 1.19. The van der Waals surface area contributed by atoms with Crippen LogP contribution in [0.25, 0.3) is 11.3 Å². The molecule has 0 bridgehead atoms. The standard InChI is InChI=1S/C9H6FN3O2/c10-7-2-1-5(3-11-7)8-6(9(14)15)4-12-13-8/h1-4H,(H,12,13)(H,14,15). The van der Waals surface area contributed by atoms with Crippen molar-refractivity contribution < 1.29 is 14.3 Å². The van der Waals surface area contributed by atoms with Gasteiger partial charge in [0.1, 0.15) is 5.56 Å². The normalized spacial score (nSPS) is 10.2. The number of carbonyl (C=O) groups is 1. The number of carboxylic acid groups (broad SMARTS) is 1. The summed E-state index contributed by atoms with van der Waals surface area (Å²) < 4.78 is 12.5. The van der Waals surface area contributed by atoms with E-state index in [9.17, 15) is 9.18 Å². The number of H-pyrrole nitrogens is 1. The van der Waals surface area contributed by atoms with Gasteiger partial charge in [-0.1, -0.05) is 0 Å². The van der Waals surface area contributed by atoms with Crippen molar-refractivity contribution in [2.45, 2.75) is 0 Å². The van der Waals surface area contributed by atoms with E-state index in [0.29, 0.717) is 11.3 Å². The first kappa shape index (κ1) is 9.32. The second-order valence-corrected chi connectivity index (χ2v) is 2.83. The molecule has 0 aliphatic rings. The van der Waals surface area contributed by atoms with Crippen molar-refractivity contribution in [1.82, 2.24) is 15.2 Å². The van der Waals surface area contributed by atoms with Crippen molar-refractivity contribution in [3.05, 3.63) is 36.0 Å². The molecule has 2 N–H and O–H groups in total. The molecule has 0 amide bonds. The van der Waals surface area contributed by atoms with Gasteiger partial charge in [-0.25, -0.2) is 9.78 Å². The van der Waals surface area contributed by atoms with Crippen molar-refractivity contribution >= 4 is 5.97 Å². The summed E-state index contributed by atoms with van der Waals surface area (Å²) in [5.74, 6) is -1.71. The molecule has 0 aliphatic carbocycles. The molecule has 0 aromatic carbocycles. The lowest BCUT2D eigenvalue weighted by Gasteiger charge is -1.98. The van der Waals surface area contributed by atoms with Gasteiger partial charge in [0.05, 0.1) is 11.9 Å². The van der Waals surface area contributed by atoms with E-state index in [1.165, 1.54) is 18.5 Å². The summed E-state index contributed by atoms with van der Waals surface area (Å²) in [6.07, 6.45) is 2.44. The third-order valence-corrected chi connectivity index (χ3v) is 1.89. The van der Waals surface area contributed by atoms with E-state index >= 15 is 0 Å². The van der Waals surface area contributed by atoms with Gasteiger partial charge in [0.25, 0.3) is 0 Å². The SMILES string of the molecule is O=C(O)c1cn[nH]c1-c1ccc(F)nc1. The number of halogens is 1. The first-order valence-electron chi connectivity index (χ1n) is 4.07. The molecule has 0 fully saturated rings. The van der Waals surface area contributed by atoms with Gasteiger partial charge < -0.3 is 5.11 Å². The van der Waals surface area contributed by atoms with E-state index in [0.717, 1.165) is 6.07 Å². The highest BCUT2D eigenvalue weighted by atomic mass is 19.1. The molecule has 0 unspecified atom stereocenters. The summed E-state index contributed by atoms with van der Waals surface area (Å²) in [6.45, 7) is 0. The Hall–Kier alpha value is -2.24. The maximum absolute atomic E-state index is 12.5. The Morgan fingerprint density at radius 1 is 1.40 bits per heavy atom. The quantitative estimate of drug-likeness (QED) is 0.727. The molecule has 2 aromatic rings. The van der Waals surface area contributed by atoms with Gasteiger partial charge in [0, 0.05) is 11.8 Å². The first-order chi connectivity index (χ1) is 7.18. The van der Waals surface area contributed by atoms with Crippen LogP contribution in [-0.2, 0) is 0 Å². The number of pyridine rings is 1. The molecule has 2 aromatic heterocycles. The number of aromatic carboxylic acids is 1. The van der Waals surface area contributed by atoms with Gasteiger partial charge in [-0.05, 0) is 12.1 Å². The Bertz CT molecular complexity index is 492. The summed E-state index contributed by atoms with van der Waals surface area (Å²) >= 11 is 0. The summed E-state index contributed by atoms with van der Waals surface area (Å²) in [5.41, 5.74) is 0.824. The molecular weight excluding hydrogens is 201 g/mol. The molecule has 0 aliphatic heterocycles. The van der Waals surface area contributed by atoms with Gasteiger partial charge >= 0.3 is 5.97 Å². The second kappa shape index (κ2) is 3.49. The van der Waals surface area contributed by atoms with E-state index in [1.807, 2.05) is 0 Å². The number of hydrogen-bond donors (Lipinski definition) is 2. The Morgan fingerprint density at radius 2 is 2.20 bits per heavy atom. The lowest BCUT2D eigenvalue weighted by molar-refractivity contribution is 0.0698. The minimum atomic E-state index is -1.09. The molecule has 0 radical (unpaired) electrons. The molecular formula is C9H6FN3O2. The lowest BCUT2D eigenvalue weighted by atomic mass is 10.1. The summed E-state index contributed by atoms with van der Waals surface area (Å²) in [4.78, 5) is 14.2. The lowest BCUT2D eigenvalue weighted by Crippen LogP contribution is -1.97.